The molecule has 2 unspecified atom stereocenters. The minimum absolute atomic E-state index is 0.151. The lowest BCUT2D eigenvalue weighted by Crippen LogP contribution is -2.34. The van der Waals surface area contributed by atoms with Crippen LogP contribution in [0.25, 0.3) is 0 Å². The zero-order valence-corrected chi connectivity index (χ0v) is 14.1. The van der Waals surface area contributed by atoms with Crippen molar-refractivity contribution in [1.29, 1.82) is 0 Å². The van der Waals surface area contributed by atoms with Crippen molar-refractivity contribution in [3.8, 4) is 5.75 Å². The molecule has 0 radical (unpaired) electrons. The second-order valence-electron chi connectivity index (χ2n) is 5.45. The zero-order chi connectivity index (χ0) is 15.7. The summed E-state index contributed by atoms with van der Waals surface area (Å²) in [7, 11) is 0. The van der Waals surface area contributed by atoms with Gasteiger partial charge in [0.05, 0.1) is 24.4 Å². The Balaban J connectivity index is 2.95. The molecule has 0 bridgehead atoms. The average Bonchev–Trinajstić information content (AvgIpc) is 2.46. The van der Waals surface area contributed by atoms with Crippen LogP contribution in [-0.2, 0) is 4.74 Å². The normalized spacial score (nSPS) is 14.2. The van der Waals surface area contributed by atoms with Gasteiger partial charge in [0.2, 0.25) is 0 Å². The number of hydrogen-bond acceptors (Lipinski definition) is 4. The lowest BCUT2D eigenvalue weighted by molar-refractivity contribution is 0.0313. The van der Waals surface area contributed by atoms with Gasteiger partial charge in [-0.05, 0) is 51.8 Å². The largest absolute Gasteiger partial charge is 0.489 e. The van der Waals surface area contributed by atoms with E-state index in [2.05, 4.69) is 30.2 Å². The van der Waals surface area contributed by atoms with E-state index in [1.807, 2.05) is 27.0 Å². The van der Waals surface area contributed by atoms with Crippen LogP contribution in [0.3, 0.4) is 0 Å². The van der Waals surface area contributed by atoms with Crippen LogP contribution < -0.4 is 10.1 Å². The number of pyridine rings is 1. The highest BCUT2D eigenvalue weighted by atomic mass is 16.5. The van der Waals surface area contributed by atoms with E-state index >= 15 is 0 Å². The molecular formula is C17H30N2O2. The fraction of sp³-hybridized carbons (Fsp3) is 0.706. The molecule has 1 rings (SSSR count). The summed E-state index contributed by atoms with van der Waals surface area (Å²) in [6.07, 6.45) is 6.03. The van der Waals surface area contributed by atoms with Crippen LogP contribution in [0, 0.1) is 0 Å². The third-order valence-corrected chi connectivity index (χ3v) is 3.23. The van der Waals surface area contributed by atoms with E-state index in [1.54, 1.807) is 6.20 Å². The monoisotopic (exact) mass is 294 g/mol. The van der Waals surface area contributed by atoms with Crippen LogP contribution in [0.15, 0.2) is 18.5 Å². The molecule has 2 atom stereocenters. The van der Waals surface area contributed by atoms with Crippen LogP contribution in [-0.4, -0.2) is 30.3 Å². The minimum atomic E-state index is 0.151. The van der Waals surface area contributed by atoms with Crippen molar-refractivity contribution in [1.82, 2.24) is 10.3 Å². The fourth-order valence-corrected chi connectivity index (χ4v) is 2.37. The SMILES string of the molecule is CCCNC(c1cncc(OC(C)C)c1)C(CC)OCC. The Morgan fingerprint density at radius 3 is 2.52 bits per heavy atom. The van der Waals surface area contributed by atoms with Gasteiger partial charge in [-0.25, -0.2) is 0 Å². The number of nitrogens with one attached hydrogen (secondary N) is 1. The van der Waals surface area contributed by atoms with Gasteiger partial charge in [-0.3, -0.25) is 4.98 Å². The number of aromatic nitrogens is 1. The molecule has 0 saturated carbocycles. The summed E-state index contributed by atoms with van der Waals surface area (Å²) in [5.74, 6) is 0.817. The second-order valence-corrected chi connectivity index (χ2v) is 5.45. The number of hydrogen-bond donors (Lipinski definition) is 1. The molecule has 4 heteroatoms. The summed E-state index contributed by atoms with van der Waals surface area (Å²) in [5.41, 5.74) is 1.13. The van der Waals surface area contributed by atoms with Crippen LogP contribution in [0.1, 0.15) is 59.1 Å². The highest BCUT2D eigenvalue weighted by molar-refractivity contribution is 5.27. The fourth-order valence-electron chi connectivity index (χ4n) is 2.37. The third-order valence-electron chi connectivity index (χ3n) is 3.23. The van der Waals surface area contributed by atoms with Gasteiger partial charge in [0, 0.05) is 12.8 Å². The summed E-state index contributed by atoms with van der Waals surface area (Å²) in [6, 6.07) is 2.22. The first kappa shape index (κ1) is 17.9. The first-order valence-corrected chi connectivity index (χ1v) is 8.08. The Bertz CT molecular complexity index is 396. The van der Waals surface area contributed by atoms with Crippen LogP contribution in [0.5, 0.6) is 5.75 Å². The van der Waals surface area contributed by atoms with Crippen molar-refractivity contribution in [3.05, 3.63) is 24.0 Å². The molecule has 1 heterocycles. The van der Waals surface area contributed by atoms with Gasteiger partial charge in [-0.1, -0.05) is 13.8 Å². The molecule has 21 heavy (non-hydrogen) atoms. The summed E-state index contributed by atoms with van der Waals surface area (Å²) < 4.78 is 11.6. The Morgan fingerprint density at radius 1 is 1.19 bits per heavy atom. The summed E-state index contributed by atoms with van der Waals surface area (Å²) in [6.45, 7) is 12.1. The molecule has 0 saturated heterocycles. The topological polar surface area (TPSA) is 43.4 Å². The van der Waals surface area contributed by atoms with Crippen molar-refractivity contribution >= 4 is 0 Å². The lowest BCUT2D eigenvalue weighted by atomic mass is 10.0. The Labute approximate surface area is 129 Å². The second kappa shape index (κ2) is 9.74. The van der Waals surface area contributed by atoms with Crippen molar-refractivity contribution in [2.24, 2.45) is 0 Å². The van der Waals surface area contributed by atoms with E-state index in [0.717, 1.165) is 37.3 Å². The molecular weight excluding hydrogens is 264 g/mol. The standard InChI is InChI=1S/C17H30N2O2/c1-6-9-19-17(16(7-2)20-8-3)14-10-15(12-18-11-14)21-13(4)5/h10-13,16-17,19H,6-9H2,1-5H3. The lowest BCUT2D eigenvalue weighted by Gasteiger charge is -2.27. The van der Waals surface area contributed by atoms with Crippen LogP contribution in [0.4, 0.5) is 0 Å². The Hall–Kier alpha value is -1.13. The quantitative estimate of drug-likeness (QED) is 0.714. The average molecular weight is 294 g/mol. The van der Waals surface area contributed by atoms with Crippen LogP contribution in [0.2, 0.25) is 0 Å². The van der Waals surface area contributed by atoms with Gasteiger partial charge in [-0.2, -0.15) is 0 Å². The van der Waals surface area contributed by atoms with Crippen molar-refractivity contribution in [2.45, 2.75) is 65.7 Å². The molecule has 0 fully saturated rings. The molecule has 1 aromatic heterocycles. The Kier molecular flexibility index (Phi) is 8.31. The van der Waals surface area contributed by atoms with E-state index in [-0.39, 0.29) is 18.2 Å². The van der Waals surface area contributed by atoms with E-state index in [9.17, 15) is 0 Å². The van der Waals surface area contributed by atoms with E-state index in [4.69, 9.17) is 9.47 Å². The first-order chi connectivity index (χ1) is 10.1. The molecule has 0 aromatic carbocycles. The third kappa shape index (κ3) is 6.02. The molecule has 0 amide bonds. The maximum Gasteiger partial charge on any atom is 0.138 e. The molecule has 1 N–H and O–H groups in total. The number of ether oxygens (including phenoxy) is 2. The summed E-state index contributed by atoms with van der Waals surface area (Å²) in [4.78, 5) is 4.32. The van der Waals surface area contributed by atoms with Gasteiger partial charge in [0.1, 0.15) is 5.75 Å². The first-order valence-electron chi connectivity index (χ1n) is 8.08. The van der Waals surface area contributed by atoms with Gasteiger partial charge in [0.25, 0.3) is 0 Å². The molecule has 120 valence electrons. The Morgan fingerprint density at radius 2 is 1.95 bits per heavy atom. The van der Waals surface area contributed by atoms with E-state index in [1.165, 1.54) is 0 Å². The van der Waals surface area contributed by atoms with Gasteiger partial charge in [-0.15, -0.1) is 0 Å². The van der Waals surface area contributed by atoms with Crippen LogP contribution >= 0.6 is 0 Å². The summed E-state index contributed by atoms with van der Waals surface area (Å²) >= 11 is 0. The van der Waals surface area contributed by atoms with Gasteiger partial charge >= 0.3 is 0 Å². The predicted molar refractivity (Wildman–Crippen MR) is 86.7 cm³/mol. The maximum atomic E-state index is 5.89. The van der Waals surface area contributed by atoms with E-state index in [0.29, 0.717) is 0 Å². The smallest absolute Gasteiger partial charge is 0.138 e. The maximum absolute atomic E-state index is 5.89. The molecule has 1 aromatic rings. The number of rotatable bonds is 10. The van der Waals surface area contributed by atoms with Gasteiger partial charge in [0.15, 0.2) is 0 Å². The molecule has 0 spiro atoms. The summed E-state index contributed by atoms with van der Waals surface area (Å²) in [5, 5.41) is 3.58. The highest BCUT2D eigenvalue weighted by Gasteiger charge is 2.22. The van der Waals surface area contributed by atoms with Crippen molar-refractivity contribution in [2.75, 3.05) is 13.2 Å². The van der Waals surface area contributed by atoms with Crippen molar-refractivity contribution in [3.63, 3.8) is 0 Å². The highest BCUT2D eigenvalue weighted by Crippen LogP contribution is 2.24. The molecule has 4 nitrogen and oxygen atoms in total. The molecule has 0 aliphatic rings. The van der Waals surface area contributed by atoms with Crippen molar-refractivity contribution < 1.29 is 9.47 Å². The molecule has 0 aliphatic heterocycles. The predicted octanol–water partition coefficient (Wildman–Crippen LogP) is 3.72. The van der Waals surface area contributed by atoms with Gasteiger partial charge < -0.3 is 14.8 Å². The number of nitrogens with zero attached hydrogens (tertiary/aromatic N) is 1. The zero-order valence-electron chi connectivity index (χ0n) is 14.1. The van der Waals surface area contributed by atoms with E-state index < -0.39 is 0 Å². The minimum Gasteiger partial charge on any atom is -0.489 e. The molecule has 0 aliphatic carbocycles.